The van der Waals surface area contributed by atoms with Gasteiger partial charge in [-0.1, -0.05) is 30.2 Å². The predicted octanol–water partition coefficient (Wildman–Crippen LogP) is 1.07. The highest BCUT2D eigenvalue weighted by Crippen LogP contribution is 2.09. The molecule has 1 aromatic carbocycles. The van der Waals surface area contributed by atoms with Crippen LogP contribution in [0.2, 0.25) is 0 Å². The summed E-state index contributed by atoms with van der Waals surface area (Å²) in [4.78, 5) is 16.1. The number of piperazine rings is 1. The minimum Gasteiger partial charge on any atom is -0.341 e. The van der Waals surface area contributed by atoms with Crippen molar-refractivity contribution < 1.29 is 4.79 Å². The van der Waals surface area contributed by atoms with Crippen molar-refractivity contribution in [3.8, 4) is 11.8 Å². The smallest absolute Gasteiger partial charge is 0.296 e. The van der Waals surface area contributed by atoms with Crippen LogP contribution in [0.3, 0.4) is 0 Å². The molecule has 0 atom stereocenters. The van der Waals surface area contributed by atoms with Gasteiger partial charge in [0.25, 0.3) is 5.91 Å². The summed E-state index contributed by atoms with van der Waals surface area (Å²) in [7, 11) is 2.17. The maximum absolute atomic E-state index is 11.3. The highest BCUT2D eigenvalue weighted by molar-refractivity contribution is 5.93. The van der Waals surface area contributed by atoms with E-state index >= 15 is 0 Å². The van der Waals surface area contributed by atoms with Crippen LogP contribution in [0.25, 0.3) is 0 Å². The number of carbonyl (C=O) groups is 1. The average molecular weight is 285 g/mol. The Morgan fingerprint density at radius 3 is 2.38 bits per heavy atom. The lowest BCUT2D eigenvalue weighted by Crippen LogP contribution is -2.43. The van der Waals surface area contributed by atoms with E-state index in [1.54, 1.807) is 6.92 Å². The van der Waals surface area contributed by atoms with Crippen LogP contribution in [-0.4, -0.2) is 48.9 Å². The molecule has 4 heteroatoms. The Hall–Kier alpha value is -1.83. The predicted molar refractivity (Wildman–Crippen MR) is 84.5 cm³/mol. The molecule has 1 aliphatic heterocycles. The number of nitrogens with one attached hydrogen (secondary N) is 1. The Morgan fingerprint density at radius 1 is 1.14 bits per heavy atom. The monoisotopic (exact) mass is 285 g/mol. The fourth-order valence-corrected chi connectivity index (χ4v) is 2.37. The van der Waals surface area contributed by atoms with Gasteiger partial charge in [0.1, 0.15) is 0 Å². The Bertz CT molecular complexity index is 519. The number of amides is 1. The van der Waals surface area contributed by atoms with E-state index in [1.807, 2.05) is 0 Å². The van der Waals surface area contributed by atoms with Crippen molar-refractivity contribution in [1.82, 2.24) is 15.1 Å². The van der Waals surface area contributed by atoms with E-state index in [9.17, 15) is 4.79 Å². The van der Waals surface area contributed by atoms with E-state index in [2.05, 4.69) is 58.3 Å². The van der Waals surface area contributed by atoms with Gasteiger partial charge in [0.15, 0.2) is 0 Å². The maximum Gasteiger partial charge on any atom is 0.296 e. The van der Waals surface area contributed by atoms with E-state index in [0.717, 1.165) is 38.3 Å². The summed E-state index contributed by atoms with van der Waals surface area (Å²) < 4.78 is 0. The molecule has 0 unspecified atom stereocenters. The molecule has 0 aliphatic carbocycles. The van der Waals surface area contributed by atoms with Gasteiger partial charge in [0.2, 0.25) is 0 Å². The number of benzene rings is 1. The molecule has 0 aromatic heterocycles. The number of likely N-dealkylation sites (N-methyl/N-ethyl adjacent to an activating group) is 1. The van der Waals surface area contributed by atoms with Crippen LogP contribution < -0.4 is 5.32 Å². The van der Waals surface area contributed by atoms with E-state index in [-0.39, 0.29) is 5.91 Å². The van der Waals surface area contributed by atoms with Crippen molar-refractivity contribution in [2.45, 2.75) is 20.0 Å². The molecular formula is C17H23N3O. The molecule has 21 heavy (non-hydrogen) atoms. The summed E-state index contributed by atoms with van der Waals surface area (Å²) in [6.45, 7) is 7.73. The lowest BCUT2D eigenvalue weighted by atomic mass is 10.1. The third-order valence-electron chi connectivity index (χ3n) is 3.72. The second-order valence-electron chi connectivity index (χ2n) is 5.45. The van der Waals surface area contributed by atoms with Gasteiger partial charge in [-0.25, -0.2) is 0 Å². The Morgan fingerprint density at radius 2 is 1.76 bits per heavy atom. The first-order valence-corrected chi connectivity index (χ1v) is 7.36. The van der Waals surface area contributed by atoms with Crippen LogP contribution in [0.1, 0.15) is 18.1 Å². The second-order valence-corrected chi connectivity index (χ2v) is 5.45. The van der Waals surface area contributed by atoms with Gasteiger partial charge < -0.3 is 10.2 Å². The first-order chi connectivity index (χ1) is 10.2. The summed E-state index contributed by atoms with van der Waals surface area (Å²) in [5, 5.41) is 2.78. The molecule has 1 N–H and O–H groups in total. The van der Waals surface area contributed by atoms with Crippen LogP contribution in [-0.2, 0) is 17.9 Å². The largest absolute Gasteiger partial charge is 0.341 e. The van der Waals surface area contributed by atoms with Crippen molar-refractivity contribution in [3.05, 3.63) is 35.4 Å². The molecule has 1 aliphatic rings. The first kappa shape index (κ1) is 15.6. The highest BCUT2D eigenvalue weighted by atomic mass is 16.1. The molecule has 112 valence electrons. The zero-order valence-electron chi connectivity index (χ0n) is 12.9. The van der Waals surface area contributed by atoms with Crippen LogP contribution in [0, 0.1) is 11.8 Å². The van der Waals surface area contributed by atoms with Gasteiger partial charge in [-0.3, -0.25) is 9.69 Å². The minimum absolute atomic E-state index is 0.223. The third-order valence-corrected chi connectivity index (χ3v) is 3.72. The van der Waals surface area contributed by atoms with Crippen molar-refractivity contribution in [2.24, 2.45) is 0 Å². The van der Waals surface area contributed by atoms with Gasteiger partial charge in [0.05, 0.1) is 0 Å². The van der Waals surface area contributed by atoms with Gasteiger partial charge in [-0.15, -0.1) is 0 Å². The van der Waals surface area contributed by atoms with Crippen LogP contribution in [0.4, 0.5) is 0 Å². The normalized spacial score (nSPS) is 16.1. The summed E-state index contributed by atoms with van der Waals surface area (Å²) in [5.74, 6) is 4.84. The number of nitrogens with zero attached hydrogens (tertiary/aromatic N) is 2. The Kier molecular flexibility index (Phi) is 5.79. The average Bonchev–Trinajstić information content (AvgIpc) is 2.49. The van der Waals surface area contributed by atoms with Crippen LogP contribution in [0.15, 0.2) is 24.3 Å². The number of rotatable bonds is 4. The second kappa shape index (κ2) is 7.82. The molecule has 0 saturated carbocycles. The topological polar surface area (TPSA) is 35.6 Å². The summed E-state index contributed by atoms with van der Waals surface area (Å²) >= 11 is 0. The molecule has 1 amide bonds. The number of carbonyl (C=O) groups excluding carboxylic acids is 1. The molecule has 0 radical (unpaired) electrons. The molecule has 1 saturated heterocycles. The van der Waals surface area contributed by atoms with E-state index in [0.29, 0.717) is 6.54 Å². The van der Waals surface area contributed by atoms with E-state index in [4.69, 9.17) is 0 Å². The SMILES string of the molecule is CC#CC(=O)NCc1ccc(CN2CCN(C)CC2)cc1. The van der Waals surface area contributed by atoms with Crippen molar-refractivity contribution in [2.75, 3.05) is 33.2 Å². The summed E-state index contributed by atoms with van der Waals surface area (Å²) in [6, 6.07) is 8.44. The summed E-state index contributed by atoms with van der Waals surface area (Å²) in [5.41, 5.74) is 2.42. The fraction of sp³-hybridized carbons (Fsp3) is 0.471. The van der Waals surface area contributed by atoms with E-state index < -0.39 is 0 Å². The summed E-state index contributed by atoms with van der Waals surface area (Å²) in [6.07, 6.45) is 0. The van der Waals surface area contributed by atoms with Gasteiger partial charge in [-0.2, -0.15) is 0 Å². The zero-order chi connectivity index (χ0) is 15.1. The lowest BCUT2D eigenvalue weighted by molar-refractivity contribution is -0.115. The van der Waals surface area contributed by atoms with E-state index in [1.165, 1.54) is 5.56 Å². The minimum atomic E-state index is -0.223. The molecule has 2 rings (SSSR count). The fourth-order valence-electron chi connectivity index (χ4n) is 2.37. The number of hydrogen-bond donors (Lipinski definition) is 1. The van der Waals surface area contributed by atoms with Crippen molar-refractivity contribution in [1.29, 1.82) is 0 Å². The van der Waals surface area contributed by atoms with Crippen molar-refractivity contribution in [3.63, 3.8) is 0 Å². The molecule has 1 fully saturated rings. The molecule has 4 nitrogen and oxygen atoms in total. The Labute approximate surface area is 127 Å². The molecule has 1 aromatic rings. The van der Waals surface area contributed by atoms with Gasteiger partial charge >= 0.3 is 0 Å². The molecule has 0 spiro atoms. The third kappa shape index (κ3) is 5.22. The first-order valence-electron chi connectivity index (χ1n) is 7.36. The van der Waals surface area contributed by atoms with Crippen molar-refractivity contribution >= 4 is 5.91 Å². The van der Waals surface area contributed by atoms with Gasteiger partial charge in [0, 0.05) is 39.3 Å². The van der Waals surface area contributed by atoms with Crippen LogP contribution in [0.5, 0.6) is 0 Å². The molecule has 0 bridgehead atoms. The lowest BCUT2D eigenvalue weighted by Gasteiger charge is -2.32. The highest BCUT2D eigenvalue weighted by Gasteiger charge is 2.13. The zero-order valence-corrected chi connectivity index (χ0v) is 12.9. The molecule has 1 heterocycles. The quantitative estimate of drug-likeness (QED) is 0.841. The maximum atomic E-state index is 11.3. The van der Waals surface area contributed by atoms with Crippen LogP contribution >= 0.6 is 0 Å². The molecular weight excluding hydrogens is 262 g/mol. The number of hydrogen-bond acceptors (Lipinski definition) is 3. The van der Waals surface area contributed by atoms with Gasteiger partial charge in [-0.05, 0) is 31.0 Å². The Balaban J connectivity index is 1.81. The standard InChI is InChI=1S/C17H23N3O/c1-3-4-17(21)18-13-15-5-7-16(8-6-15)14-20-11-9-19(2)10-12-20/h5-8H,9-14H2,1-2H3,(H,18,21).